The molecule has 0 fully saturated rings. The van der Waals surface area contributed by atoms with Crippen LogP contribution in [0.25, 0.3) is 10.6 Å². The van der Waals surface area contributed by atoms with E-state index in [1.165, 1.54) is 11.3 Å². The van der Waals surface area contributed by atoms with Gasteiger partial charge in [-0.2, -0.15) is 0 Å². The van der Waals surface area contributed by atoms with Gasteiger partial charge in [-0.25, -0.2) is 9.97 Å². The Morgan fingerprint density at radius 1 is 1.24 bits per heavy atom. The Hall–Kier alpha value is -2.93. The van der Waals surface area contributed by atoms with Crippen LogP contribution in [0, 0.1) is 0 Å². The van der Waals surface area contributed by atoms with Gasteiger partial charge in [0, 0.05) is 29.9 Å². The van der Waals surface area contributed by atoms with E-state index in [0.717, 1.165) is 21.2 Å². The van der Waals surface area contributed by atoms with Crippen molar-refractivity contribution in [1.29, 1.82) is 0 Å². The fraction of sp³-hybridized carbons (Fsp3) is 0.167. The maximum Gasteiger partial charge on any atom is 0.251 e. The molecule has 6 nitrogen and oxygen atoms in total. The molecule has 0 saturated carbocycles. The highest BCUT2D eigenvalue weighted by Crippen LogP contribution is 2.32. The number of thiazole rings is 1. The van der Waals surface area contributed by atoms with Gasteiger partial charge in [-0.05, 0) is 24.3 Å². The van der Waals surface area contributed by atoms with Crippen LogP contribution >= 0.6 is 11.3 Å². The molecule has 0 aliphatic rings. The maximum atomic E-state index is 12.3. The van der Waals surface area contributed by atoms with Crippen molar-refractivity contribution in [2.75, 3.05) is 19.5 Å². The smallest absolute Gasteiger partial charge is 0.251 e. The Kier molecular flexibility index (Phi) is 5.25. The minimum atomic E-state index is -0.147. The third-order valence-corrected chi connectivity index (χ3v) is 4.62. The van der Waals surface area contributed by atoms with E-state index in [2.05, 4.69) is 20.6 Å². The lowest BCUT2D eigenvalue weighted by atomic mass is 10.2. The summed E-state index contributed by atoms with van der Waals surface area (Å²) in [6, 6.07) is 11.1. The highest BCUT2D eigenvalue weighted by Gasteiger charge is 2.11. The number of rotatable bonds is 6. The molecule has 2 heterocycles. The average Bonchev–Trinajstić information content (AvgIpc) is 3.15. The van der Waals surface area contributed by atoms with Crippen molar-refractivity contribution in [2.24, 2.45) is 0 Å². The monoisotopic (exact) mass is 354 g/mol. The zero-order valence-electron chi connectivity index (χ0n) is 13.9. The summed E-state index contributed by atoms with van der Waals surface area (Å²) in [6.45, 7) is 0.420. The Morgan fingerprint density at radius 2 is 2.08 bits per heavy atom. The Labute approximate surface area is 149 Å². The first-order chi connectivity index (χ1) is 12.2. The molecule has 0 spiro atoms. The number of carbonyl (C=O) groups excluding carboxylic acids is 1. The van der Waals surface area contributed by atoms with Crippen LogP contribution in [-0.4, -0.2) is 30.0 Å². The Balaban J connectivity index is 1.68. The molecule has 7 heteroatoms. The lowest BCUT2D eigenvalue weighted by Crippen LogP contribution is -2.22. The number of carbonyl (C=O) groups is 1. The molecule has 3 aromatic rings. The van der Waals surface area contributed by atoms with Crippen LogP contribution in [0.5, 0.6) is 5.75 Å². The molecule has 0 bridgehead atoms. The fourth-order valence-corrected chi connectivity index (χ4v) is 3.20. The standard InChI is InChI=1S/C18H18N4O2S/c1-19-16-9-12(7-8-20-16)17(23)21-10-13-11-22-18(25-13)14-5-3-4-6-15(14)24-2/h3-9,11H,10H2,1-2H3,(H,19,20)(H,21,23). The number of anilines is 1. The lowest BCUT2D eigenvalue weighted by molar-refractivity contribution is 0.0951. The number of ether oxygens (including phenoxy) is 1. The second-order valence-corrected chi connectivity index (χ2v) is 6.31. The van der Waals surface area contributed by atoms with Crippen molar-refractivity contribution in [1.82, 2.24) is 15.3 Å². The van der Waals surface area contributed by atoms with Crippen molar-refractivity contribution >= 4 is 23.1 Å². The quantitative estimate of drug-likeness (QED) is 0.711. The van der Waals surface area contributed by atoms with Gasteiger partial charge < -0.3 is 15.4 Å². The van der Waals surface area contributed by atoms with Crippen LogP contribution in [-0.2, 0) is 6.54 Å². The summed E-state index contributed by atoms with van der Waals surface area (Å²) in [5.41, 5.74) is 1.51. The molecule has 1 aromatic carbocycles. The second kappa shape index (κ2) is 7.76. The van der Waals surface area contributed by atoms with Gasteiger partial charge in [-0.3, -0.25) is 4.79 Å². The van der Waals surface area contributed by atoms with Crippen molar-refractivity contribution in [2.45, 2.75) is 6.54 Å². The summed E-state index contributed by atoms with van der Waals surface area (Å²) >= 11 is 1.53. The topological polar surface area (TPSA) is 76.1 Å². The second-order valence-electron chi connectivity index (χ2n) is 5.19. The molecule has 0 atom stereocenters. The summed E-state index contributed by atoms with van der Waals surface area (Å²) in [4.78, 5) is 21.8. The zero-order valence-corrected chi connectivity index (χ0v) is 14.8. The first-order valence-corrected chi connectivity index (χ1v) is 8.53. The molecule has 25 heavy (non-hydrogen) atoms. The highest BCUT2D eigenvalue weighted by molar-refractivity contribution is 7.15. The zero-order chi connectivity index (χ0) is 17.6. The summed E-state index contributed by atoms with van der Waals surface area (Å²) < 4.78 is 5.37. The van der Waals surface area contributed by atoms with Crippen LogP contribution in [0.2, 0.25) is 0 Å². The molecule has 0 aliphatic heterocycles. The predicted molar refractivity (Wildman–Crippen MR) is 99.1 cm³/mol. The number of hydrogen-bond acceptors (Lipinski definition) is 6. The first kappa shape index (κ1) is 16.9. The van der Waals surface area contributed by atoms with Crippen molar-refractivity contribution in [3.8, 4) is 16.3 Å². The molecule has 3 rings (SSSR count). The van der Waals surface area contributed by atoms with E-state index in [0.29, 0.717) is 17.9 Å². The van der Waals surface area contributed by atoms with Gasteiger partial charge in [0.1, 0.15) is 16.6 Å². The number of para-hydroxylation sites is 1. The van der Waals surface area contributed by atoms with E-state index in [1.54, 1.807) is 38.7 Å². The fourth-order valence-electron chi connectivity index (χ4n) is 2.31. The third-order valence-electron chi connectivity index (χ3n) is 3.59. The number of hydrogen-bond donors (Lipinski definition) is 2. The van der Waals surface area contributed by atoms with Crippen molar-refractivity contribution in [3.63, 3.8) is 0 Å². The molecule has 0 radical (unpaired) electrons. The van der Waals surface area contributed by atoms with Crippen molar-refractivity contribution in [3.05, 3.63) is 59.2 Å². The summed E-state index contributed by atoms with van der Waals surface area (Å²) in [5.74, 6) is 1.29. The normalized spacial score (nSPS) is 10.3. The van der Waals surface area contributed by atoms with Crippen LogP contribution < -0.4 is 15.4 Å². The van der Waals surface area contributed by atoms with Gasteiger partial charge >= 0.3 is 0 Å². The number of amides is 1. The number of methoxy groups -OCH3 is 1. The van der Waals surface area contributed by atoms with Gasteiger partial charge in [0.05, 0.1) is 19.2 Å². The van der Waals surface area contributed by atoms with E-state index < -0.39 is 0 Å². The number of aromatic nitrogens is 2. The minimum Gasteiger partial charge on any atom is -0.496 e. The van der Waals surface area contributed by atoms with Crippen LogP contribution in [0.15, 0.2) is 48.8 Å². The third kappa shape index (κ3) is 3.95. The minimum absolute atomic E-state index is 0.147. The van der Waals surface area contributed by atoms with E-state index in [4.69, 9.17) is 4.74 Å². The Morgan fingerprint density at radius 3 is 2.88 bits per heavy atom. The highest BCUT2D eigenvalue weighted by atomic mass is 32.1. The number of benzene rings is 1. The predicted octanol–water partition coefficient (Wildman–Crippen LogP) is 3.19. The average molecular weight is 354 g/mol. The largest absolute Gasteiger partial charge is 0.496 e. The van der Waals surface area contributed by atoms with E-state index in [-0.39, 0.29) is 5.91 Å². The van der Waals surface area contributed by atoms with Gasteiger partial charge in [-0.15, -0.1) is 11.3 Å². The number of nitrogens with one attached hydrogen (secondary N) is 2. The number of nitrogens with zero attached hydrogens (tertiary/aromatic N) is 2. The molecule has 0 unspecified atom stereocenters. The van der Waals surface area contributed by atoms with Crippen molar-refractivity contribution < 1.29 is 9.53 Å². The van der Waals surface area contributed by atoms with Crippen LogP contribution in [0.4, 0.5) is 5.82 Å². The van der Waals surface area contributed by atoms with Gasteiger partial charge in [0.15, 0.2) is 0 Å². The first-order valence-electron chi connectivity index (χ1n) is 7.71. The molecule has 0 saturated heterocycles. The summed E-state index contributed by atoms with van der Waals surface area (Å²) in [5, 5.41) is 6.69. The molecule has 2 N–H and O–H groups in total. The van der Waals surface area contributed by atoms with Crippen LogP contribution in [0.3, 0.4) is 0 Å². The summed E-state index contributed by atoms with van der Waals surface area (Å²) in [6.07, 6.45) is 3.38. The van der Waals surface area contributed by atoms with Gasteiger partial charge in [0.2, 0.25) is 0 Å². The molecular formula is C18H18N4O2S. The van der Waals surface area contributed by atoms with E-state index in [1.807, 2.05) is 24.3 Å². The SMILES string of the molecule is CNc1cc(C(=O)NCc2cnc(-c3ccccc3OC)s2)ccn1. The number of pyridine rings is 1. The summed E-state index contributed by atoms with van der Waals surface area (Å²) in [7, 11) is 3.41. The molecule has 1 amide bonds. The Bertz CT molecular complexity index is 879. The van der Waals surface area contributed by atoms with E-state index in [9.17, 15) is 4.79 Å². The van der Waals surface area contributed by atoms with E-state index >= 15 is 0 Å². The molecular weight excluding hydrogens is 336 g/mol. The molecule has 2 aromatic heterocycles. The lowest BCUT2D eigenvalue weighted by Gasteiger charge is -2.05. The maximum absolute atomic E-state index is 12.3. The molecule has 0 aliphatic carbocycles. The molecule has 128 valence electrons. The van der Waals surface area contributed by atoms with Gasteiger partial charge in [0.25, 0.3) is 5.91 Å². The van der Waals surface area contributed by atoms with Gasteiger partial charge in [-0.1, -0.05) is 12.1 Å². The van der Waals surface area contributed by atoms with Crippen LogP contribution in [0.1, 0.15) is 15.2 Å².